The normalized spacial score (nSPS) is 17.2. The maximum Gasteiger partial charge on any atom is 0.573 e. The predicted octanol–water partition coefficient (Wildman–Crippen LogP) is 2.66. The molecule has 2 amide bonds. The molecule has 2 aromatic carbocycles. The number of aryl methyl sites for hydroxylation is 2. The van der Waals surface area contributed by atoms with E-state index in [-0.39, 0.29) is 68.3 Å². The predicted molar refractivity (Wildman–Crippen MR) is 145 cm³/mol. The molecule has 0 bridgehead atoms. The highest BCUT2D eigenvalue weighted by atomic mass is 32.2. The molecule has 0 radical (unpaired) electrons. The van der Waals surface area contributed by atoms with E-state index in [1.54, 1.807) is 6.92 Å². The molecule has 228 valence electrons. The van der Waals surface area contributed by atoms with Gasteiger partial charge in [-0.3, -0.25) is 14.6 Å². The van der Waals surface area contributed by atoms with Gasteiger partial charge in [0, 0.05) is 32.1 Å². The molecule has 4 rings (SSSR count). The van der Waals surface area contributed by atoms with E-state index in [1.165, 1.54) is 35.5 Å². The first-order valence-electron chi connectivity index (χ1n) is 13.1. The second-order valence-corrected chi connectivity index (χ2v) is 12.2. The summed E-state index contributed by atoms with van der Waals surface area (Å²) in [4.78, 5) is 30.3. The summed E-state index contributed by atoms with van der Waals surface area (Å²) in [6, 6.07) is 7.66. The molecule has 1 spiro atoms. The Hall–Kier alpha value is -3.56. The van der Waals surface area contributed by atoms with Gasteiger partial charge in [-0.05, 0) is 61.6 Å². The Balaban J connectivity index is 1.42. The number of aliphatic hydroxyl groups excluding tert-OH is 1. The Morgan fingerprint density at radius 1 is 1.21 bits per heavy atom. The van der Waals surface area contributed by atoms with Gasteiger partial charge in [0.25, 0.3) is 5.91 Å². The third-order valence-electron chi connectivity index (χ3n) is 7.29. The number of rotatable bonds is 9. The van der Waals surface area contributed by atoms with Crippen LogP contribution in [0.25, 0.3) is 0 Å². The first-order valence-corrected chi connectivity index (χ1v) is 14.7. The average Bonchev–Trinajstić information content (AvgIpc) is 3.22. The van der Waals surface area contributed by atoms with Crippen LogP contribution in [0.3, 0.4) is 0 Å². The fourth-order valence-electron chi connectivity index (χ4n) is 5.07. The lowest BCUT2D eigenvalue weighted by molar-refractivity contribution is -0.274. The molecule has 0 unspecified atom stereocenters. The number of amides is 2. The van der Waals surface area contributed by atoms with E-state index >= 15 is 0 Å². The highest BCUT2D eigenvalue weighted by Gasteiger charge is 2.47. The summed E-state index contributed by atoms with van der Waals surface area (Å²) in [5, 5.41) is 11.8. The van der Waals surface area contributed by atoms with Crippen molar-refractivity contribution in [3.63, 3.8) is 0 Å². The Kier molecular flexibility index (Phi) is 8.94. The smallest absolute Gasteiger partial charge is 0.406 e. The Morgan fingerprint density at radius 3 is 2.52 bits per heavy atom. The van der Waals surface area contributed by atoms with Crippen molar-refractivity contribution in [2.75, 3.05) is 36.9 Å². The van der Waals surface area contributed by atoms with Crippen molar-refractivity contribution >= 4 is 33.4 Å². The van der Waals surface area contributed by atoms with Crippen molar-refractivity contribution in [2.24, 2.45) is 4.99 Å². The molecule has 0 aromatic heterocycles. The van der Waals surface area contributed by atoms with Crippen LogP contribution in [0.5, 0.6) is 5.75 Å². The second-order valence-electron chi connectivity index (χ2n) is 10.1. The van der Waals surface area contributed by atoms with Crippen molar-refractivity contribution < 1.29 is 45.4 Å². The number of nitrogens with zero attached hydrogens (tertiary/aromatic N) is 3. The van der Waals surface area contributed by atoms with Crippen LogP contribution in [0.4, 0.5) is 23.2 Å². The molecule has 10 nitrogen and oxygen atoms in total. The summed E-state index contributed by atoms with van der Waals surface area (Å²) in [5.41, 5.74) is -0.0149. The zero-order valence-electron chi connectivity index (χ0n) is 22.9. The summed E-state index contributed by atoms with van der Waals surface area (Å²) < 4.78 is 84.1. The van der Waals surface area contributed by atoms with E-state index in [4.69, 9.17) is 0 Å². The second kappa shape index (κ2) is 12.0. The van der Waals surface area contributed by atoms with Gasteiger partial charge in [-0.1, -0.05) is 12.1 Å². The molecule has 0 aliphatic carbocycles. The number of hydrogen-bond donors (Lipinski definition) is 2. The van der Waals surface area contributed by atoms with E-state index in [9.17, 15) is 40.7 Å². The summed E-state index contributed by atoms with van der Waals surface area (Å²) in [5.74, 6) is -2.34. The minimum Gasteiger partial charge on any atom is -0.406 e. The van der Waals surface area contributed by atoms with Gasteiger partial charge < -0.3 is 20.1 Å². The lowest BCUT2D eigenvalue weighted by Crippen LogP contribution is -2.50. The summed E-state index contributed by atoms with van der Waals surface area (Å²) in [6.45, 7) is 2.47. The number of sulfonamides is 1. The van der Waals surface area contributed by atoms with Gasteiger partial charge >= 0.3 is 6.36 Å². The molecular weight excluding hydrogens is 584 g/mol. The van der Waals surface area contributed by atoms with E-state index in [0.29, 0.717) is 11.1 Å². The topological polar surface area (TPSA) is 129 Å². The minimum absolute atomic E-state index is 0.00338. The number of carbonyl (C=O) groups is 2. The molecule has 2 heterocycles. The number of halogens is 4. The summed E-state index contributed by atoms with van der Waals surface area (Å²) in [7, 11) is -3.80. The number of anilines is 1. The van der Waals surface area contributed by atoms with Crippen LogP contribution in [0, 0.1) is 12.7 Å². The van der Waals surface area contributed by atoms with Gasteiger partial charge in [0.15, 0.2) is 0 Å². The van der Waals surface area contributed by atoms with E-state index in [2.05, 4.69) is 15.0 Å². The maximum atomic E-state index is 14.9. The van der Waals surface area contributed by atoms with Gasteiger partial charge in [-0.25, -0.2) is 17.1 Å². The molecule has 42 heavy (non-hydrogen) atoms. The molecule has 0 atom stereocenters. The van der Waals surface area contributed by atoms with E-state index < -0.39 is 45.3 Å². The first kappa shape index (κ1) is 31.4. The van der Waals surface area contributed by atoms with Crippen molar-refractivity contribution in [2.45, 2.75) is 45.0 Å². The monoisotopic (exact) mass is 614 g/mol. The van der Waals surface area contributed by atoms with Crippen LogP contribution < -0.4 is 15.0 Å². The molecule has 0 saturated carbocycles. The number of nitrogens with one attached hydrogen (secondary N) is 1. The van der Waals surface area contributed by atoms with Crippen molar-refractivity contribution in [1.82, 2.24) is 9.62 Å². The number of aliphatic imine (C=N–C) groups is 1. The Bertz CT molecular complexity index is 1500. The van der Waals surface area contributed by atoms with Crippen LogP contribution in [0.15, 0.2) is 41.4 Å². The highest BCUT2D eigenvalue weighted by Crippen LogP contribution is 2.33. The molecule has 15 heteroatoms. The molecule has 1 saturated heterocycles. The fourth-order valence-corrected chi connectivity index (χ4v) is 6.54. The number of hydrogen-bond acceptors (Lipinski definition) is 7. The molecule has 2 aliphatic heterocycles. The fraction of sp³-hybridized carbons (Fsp3) is 0.444. The van der Waals surface area contributed by atoms with Gasteiger partial charge in [0.1, 0.15) is 22.9 Å². The zero-order valence-corrected chi connectivity index (χ0v) is 23.7. The first-order chi connectivity index (χ1) is 19.6. The lowest BCUT2D eigenvalue weighted by Gasteiger charge is -2.34. The van der Waals surface area contributed by atoms with Crippen molar-refractivity contribution in [1.29, 1.82) is 0 Å². The SMILES string of the molecule is CC(=O)N(CCO)c1cc(C)c(CCS(=O)(=O)N2CCC3(CC2)N=C(c2cccc(OC(F)(F)F)c2)NC3=O)cc1F. The molecule has 2 aromatic rings. The molecular formula is C27H30F4N4O6S. The number of alkyl halides is 3. The van der Waals surface area contributed by atoms with Crippen LogP contribution in [0.1, 0.15) is 36.5 Å². The molecule has 2 N–H and O–H groups in total. The largest absolute Gasteiger partial charge is 0.573 e. The number of aliphatic hydroxyl groups is 1. The number of amidine groups is 1. The standard InChI is InChI=1S/C27H30F4N4O6S/c1-17-14-23(35(11-12-36)18(2)37)22(28)16-19(17)6-13-42(39,40)34-9-7-26(8-10-34)25(38)32-24(33-26)20-4-3-5-21(15-20)41-27(29,30)31/h3-5,14-16,36H,6-13H2,1-2H3,(H,32,33,38). The van der Waals surface area contributed by atoms with Crippen LogP contribution in [-0.2, 0) is 26.0 Å². The third-order valence-corrected chi connectivity index (χ3v) is 9.17. The highest BCUT2D eigenvalue weighted by molar-refractivity contribution is 7.89. The number of ether oxygens (including phenoxy) is 1. The lowest BCUT2D eigenvalue weighted by atomic mass is 9.89. The van der Waals surface area contributed by atoms with E-state index in [1.807, 2.05) is 0 Å². The Morgan fingerprint density at radius 2 is 1.90 bits per heavy atom. The van der Waals surface area contributed by atoms with Crippen LogP contribution in [-0.4, -0.2) is 79.4 Å². The van der Waals surface area contributed by atoms with Gasteiger partial charge in [-0.15, -0.1) is 13.2 Å². The average molecular weight is 615 g/mol. The van der Waals surface area contributed by atoms with Gasteiger partial charge in [0.05, 0.1) is 18.0 Å². The number of benzene rings is 2. The zero-order chi connectivity index (χ0) is 30.9. The molecule has 2 aliphatic rings. The Labute approximate surface area is 240 Å². The van der Waals surface area contributed by atoms with Gasteiger partial charge in [0.2, 0.25) is 15.9 Å². The van der Waals surface area contributed by atoms with Gasteiger partial charge in [-0.2, -0.15) is 0 Å². The van der Waals surface area contributed by atoms with Crippen molar-refractivity contribution in [3.05, 3.63) is 58.9 Å². The number of carbonyl (C=O) groups excluding carboxylic acids is 2. The third kappa shape index (κ3) is 6.90. The summed E-state index contributed by atoms with van der Waals surface area (Å²) >= 11 is 0. The van der Waals surface area contributed by atoms with E-state index in [0.717, 1.165) is 17.0 Å². The quantitative estimate of drug-likeness (QED) is 0.418. The molecule has 1 fully saturated rings. The minimum atomic E-state index is -4.88. The van der Waals surface area contributed by atoms with Crippen molar-refractivity contribution in [3.8, 4) is 5.75 Å². The summed E-state index contributed by atoms with van der Waals surface area (Å²) in [6.07, 6.45) is -4.75. The van der Waals surface area contributed by atoms with Crippen LogP contribution in [0.2, 0.25) is 0 Å². The maximum absolute atomic E-state index is 14.9. The van der Waals surface area contributed by atoms with Crippen LogP contribution >= 0.6 is 0 Å². The number of piperidine rings is 1.